The van der Waals surface area contributed by atoms with E-state index in [4.69, 9.17) is 40.3 Å². The van der Waals surface area contributed by atoms with Gasteiger partial charge in [-0.1, -0.05) is 12.1 Å². The van der Waals surface area contributed by atoms with Crippen molar-refractivity contribution in [3.63, 3.8) is 0 Å². The average molecular weight is 867 g/mol. The number of carbonyl (C=O) groups is 8. The van der Waals surface area contributed by atoms with E-state index in [1.807, 2.05) is 31.7 Å². The first-order valence-corrected chi connectivity index (χ1v) is 19.6. The predicted octanol–water partition coefficient (Wildman–Crippen LogP) is -3.71. The Balaban J connectivity index is 2.05. The molecular formula is C36H58N12O11S. The number of aliphatic carboxylic acids is 3. The number of carboxylic acid groups (broad SMARTS) is 3. The molecule has 334 valence electrons. The van der Waals surface area contributed by atoms with E-state index in [0.29, 0.717) is 77.3 Å². The highest BCUT2D eigenvalue weighted by molar-refractivity contribution is 7.80. The number of benzene rings is 1. The fraction of sp³-hybridized carbons (Fsp3) is 0.583. The third-order valence-corrected chi connectivity index (χ3v) is 9.64. The van der Waals surface area contributed by atoms with Gasteiger partial charge < -0.3 is 59.5 Å². The summed E-state index contributed by atoms with van der Waals surface area (Å²) in [5.74, 6) is -6.21. The summed E-state index contributed by atoms with van der Waals surface area (Å²) < 4.78 is 0. The maximum atomic E-state index is 12.3. The van der Waals surface area contributed by atoms with Crippen molar-refractivity contribution in [2.24, 2.45) is 22.9 Å². The molecule has 1 fully saturated rings. The number of carboxylic acids is 3. The van der Waals surface area contributed by atoms with Crippen LogP contribution in [0.2, 0.25) is 0 Å². The monoisotopic (exact) mass is 866 g/mol. The highest BCUT2D eigenvalue weighted by Crippen LogP contribution is 2.16. The molecule has 23 nitrogen and oxygen atoms in total. The van der Waals surface area contributed by atoms with Crippen LogP contribution in [0.4, 0.5) is 10.5 Å². The van der Waals surface area contributed by atoms with Gasteiger partial charge in [-0.2, -0.15) is 0 Å². The van der Waals surface area contributed by atoms with Crippen molar-refractivity contribution < 1.29 is 53.7 Å². The van der Waals surface area contributed by atoms with Gasteiger partial charge >= 0.3 is 23.9 Å². The minimum absolute atomic E-state index is 0.0243. The van der Waals surface area contributed by atoms with Crippen LogP contribution in [-0.4, -0.2) is 184 Å². The number of hydrogen-bond acceptors (Lipinski definition) is 13. The number of rotatable bonds is 23. The zero-order valence-electron chi connectivity index (χ0n) is 33.4. The van der Waals surface area contributed by atoms with Gasteiger partial charge in [0.2, 0.25) is 23.6 Å². The third kappa shape index (κ3) is 21.4. The Kier molecular flexibility index (Phi) is 22.2. The van der Waals surface area contributed by atoms with Crippen molar-refractivity contribution in [2.75, 3.05) is 83.9 Å². The molecule has 1 aromatic rings. The lowest BCUT2D eigenvalue weighted by Crippen LogP contribution is -2.54. The van der Waals surface area contributed by atoms with Crippen molar-refractivity contribution >= 4 is 70.6 Å². The van der Waals surface area contributed by atoms with Gasteiger partial charge in [0.25, 0.3) is 0 Å². The number of primary amides is 4. The van der Waals surface area contributed by atoms with Gasteiger partial charge in [-0.15, -0.1) is 0 Å². The Hall–Kier alpha value is -5.69. The smallest absolute Gasteiger partial charge is 0.326 e. The molecule has 0 aromatic heterocycles. The van der Waals surface area contributed by atoms with Crippen LogP contribution in [-0.2, 0) is 40.0 Å². The van der Waals surface area contributed by atoms with E-state index in [2.05, 4.69) is 21.3 Å². The van der Waals surface area contributed by atoms with E-state index in [9.17, 15) is 48.6 Å². The zero-order valence-corrected chi connectivity index (χ0v) is 34.2. The summed E-state index contributed by atoms with van der Waals surface area (Å²) in [5, 5.41) is 38.2. The normalized spacial score (nSPS) is 17.1. The molecule has 0 bridgehead atoms. The number of nitrogens with two attached hydrogens (primary N) is 4. The molecule has 3 atom stereocenters. The topological polar surface area (TPSA) is 362 Å². The Morgan fingerprint density at radius 2 is 1.15 bits per heavy atom. The maximum Gasteiger partial charge on any atom is 0.326 e. The minimum atomic E-state index is -1.51. The van der Waals surface area contributed by atoms with Crippen LogP contribution in [0.25, 0.3) is 0 Å². The second-order valence-electron chi connectivity index (χ2n) is 14.4. The average Bonchev–Trinajstić information content (AvgIpc) is 3.14. The Morgan fingerprint density at radius 1 is 0.667 bits per heavy atom. The van der Waals surface area contributed by atoms with Crippen LogP contribution >= 0.6 is 12.2 Å². The van der Waals surface area contributed by atoms with E-state index in [-0.39, 0.29) is 50.2 Å². The Labute approximate surface area is 352 Å². The van der Waals surface area contributed by atoms with Crippen LogP contribution in [0.1, 0.15) is 37.7 Å². The third-order valence-electron chi connectivity index (χ3n) is 9.39. The molecule has 24 heteroatoms. The second-order valence-corrected chi connectivity index (χ2v) is 14.8. The van der Waals surface area contributed by atoms with Crippen molar-refractivity contribution in [1.82, 2.24) is 35.6 Å². The molecule has 2 rings (SSSR count). The molecule has 1 aliphatic rings. The number of thiocarbonyl (C=S) groups is 1. The van der Waals surface area contributed by atoms with Crippen LogP contribution in [0.15, 0.2) is 24.3 Å². The lowest BCUT2D eigenvalue weighted by Gasteiger charge is -2.38. The molecule has 6 amide bonds. The fourth-order valence-electron chi connectivity index (χ4n) is 6.46. The summed E-state index contributed by atoms with van der Waals surface area (Å²) in [6, 6.07) is 3.12. The number of nitrogens with zero attached hydrogens (tertiary/aromatic N) is 4. The molecule has 0 saturated carbocycles. The first-order valence-electron chi connectivity index (χ1n) is 19.2. The fourth-order valence-corrected chi connectivity index (χ4v) is 6.68. The number of nitrogens with one attached hydrogen (secondary N) is 4. The molecule has 1 saturated heterocycles. The van der Waals surface area contributed by atoms with Crippen molar-refractivity contribution in [3.8, 4) is 0 Å². The van der Waals surface area contributed by atoms with Gasteiger partial charge in [0.05, 0.1) is 26.2 Å². The zero-order chi connectivity index (χ0) is 44.8. The number of urea groups is 1. The van der Waals surface area contributed by atoms with Crippen LogP contribution in [0, 0.1) is 0 Å². The van der Waals surface area contributed by atoms with Gasteiger partial charge in [-0.05, 0) is 62.0 Å². The summed E-state index contributed by atoms with van der Waals surface area (Å²) in [6.45, 7) is 2.58. The van der Waals surface area contributed by atoms with Crippen molar-refractivity contribution in [1.29, 1.82) is 0 Å². The summed E-state index contributed by atoms with van der Waals surface area (Å²) >= 11 is 5.42. The lowest BCUT2D eigenvalue weighted by atomic mass is 10.0. The molecule has 1 heterocycles. The van der Waals surface area contributed by atoms with E-state index in [1.54, 1.807) is 12.1 Å². The highest BCUT2D eigenvalue weighted by Gasteiger charge is 2.28. The highest BCUT2D eigenvalue weighted by atomic mass is 32.1. The number of amides is 6. The summed E-state index contributed by atoms with van der Waals surface area (Å²) in [4.78, 5) is 102. The molecule has 0 aliphatic carbocycles. The number of carbonyl (C=O) groups excluding carboxylic acids is 5. The van der Waals surface area contributed by atoms with Gasteiger partial charge in [-0.3, -0.25) is 43.6 Å². The molecule has 0 spiro atoms. The number of hydrogen-bond donors (Lipinski definition) is 11. The van der Waals surface area contributed by atoms with Crippen molar-refractivity contribution in [2.45, 2.75) is 56.7 Å². The SMILES string of the molecule is NC(=O)CN1CCN(CC(N)=O)CCN(CC(N)=O)C(Cc2ccc(NC(=S)NCCCC[C@H](NC(=O)N[C@@H](CCC(=O)O)C(=O)O)C(=O)O)cc2)CN(CC(N)=O)CC1. The Morgan fingerprint density at radius 3 is 1.65 bits per heavy atom. The molecule has 15 N–H and O–H groups in total. The van der Waals surface area contributed by atoms with E-state index >= 15 is 0 Å². The van der Waals surface area contributed by atoms with Crippen LogP contribution < -0.4 is 44.2 Å². The van der Waals surface area contributed by atoms with Crippen LogP contribution in [0.3, 0.4) is 0 Å². The maximum absolute atomic E-state index is 12.3. The summed E-state index contributed by atoms with van der Waals surface area (Å²) in [7, 11) is 0. The quantitative estimate of drug-likeness (QED) is 0.0372. The minimum Gasteiger partial charge on any atom is -0.481 e. The first-order chi connectivity index (χ1) is 28.3. The Bertz CT molecular complexity index is 1650. The lowest BCUT2D eigenvalue weighted by molar-refractivity contribution is -0.141. The van der Waals surface area contributed by atoms with Crippen molar-refractivity contribution in [3.05, 3.63) is 29.8 Å². The largest absolute Gasteiger partial charge is 0.481 e. The van der Waals surface area contributed by atoms with Gasteiger partial charge in [0, 0.05) is 70.5 Å². The number of unbranched alkanes of at least 4 members (excludes halogenated alkanes) is 1. The van der Waals surface area contributed by atoms with Gasteiger partial charge in [-0.25, -0.2) is 14.4 Å². The van der Waals surface area contributed by atoms with Gasteiger partial charge in [0.15, 0.2) is 5.11 Å². The summed E-state index contributed by atoms with van der Waals surface area (Å²) in [6.07, 6.45) is 0.379. The first kappa shape index (κ1) is 50.5. The van der Waals surface area contributed by atoms with E-state index < -0.39 is 66.1 Å². The molecule has 1 aromatic carbocycles. The standard InChI is InChI=1S/C36H58N12O11S/c37-28(49)19-45-11-12-46(20-29(38)50)15-16-48(22-31(40)52)25(18-47(14-13-45)21-30(39)51)17-23-4-6-24(7-5-23)42-36(60)41-10-2-1-3-26(33(55)56)43-35(59)44-27(34(57)58)8-9-32(53)54/h4-7,25-27H,1-3,8-22H2,(H2,37,49)(H2,38,50)(H2,39,51)(H2,40,52)(H,53,54)(H,55,56)(H,57,58)(H2,41,42,60)(H2,43,44,59)/t25?,26-,27-/m0/s1. The molecular weight excluding hydrogens is 809 g/mol. The molecule has 1 unspecified atom stereocenters. The van der Waals surface area contributed by atoms with Gasteiger partial charge in [0.1, 0.15) is 12.1 Å². The molecule has 0 radical (unpaired) electrons. The summed E-state index contributed by atoms with van der Waals surface area (Å²) in [5.41, 5.74) is 23.9. The second kappa shape index (κ2) is 26.4. The molecule has 1 aliphatic heterocycles. The molecule has 60 heavy (non-hydrogen) atoms. The van der Waals surface area contributed by atoms with E-state index in [1.165, 1.54) is 0 Å². The van der Waals surface area contributed by atoms with E-state index in [0.717, 1.165) is 5.56 Å². The number of anilines is 1. The van der Waals surface area contributed by atoms with Crippen LogP contribution in [0.5, 0.6) is 0 Å². The predicted molar refractivity (Wildman–Crippen MR) is 221 cm³/mol.